The lowest BCUT2D eigenvalue weighted by Crippen LogP contribution is -2.24. The molecule has 0 aromatic rings. The molecule has 0 saturated carbocycles. The third kappa shape index (κ3) is 5.78. The van der Waals surface area contributed by atoms with Crippen molar-refractivity contribution in [2.75, 3.05) is 13.2 Å². The summed E-state index contributed by atoms with van der Waals surface area (Å²) >= 11 is 0. The van der Waals surface area contributed by atoms with Crippen LogP contribution in [0.5, 0.6) is 0 Å². The maximum atomic E-state index is 10.5. The molecule has 0 aromatic carbocycles. The van der Waals surface area contributed by atoms with Crippen molar-refractivity contribution in [3.8, 4) is 0 Å². The maximum Gasteiger partial charge on any atom is 0.305 e. The molecule has 0 radical (unpaired) electrons. The summed E-state index contributed by atoms with van der Waals surface area (Å²) in [7, 11) is 0. The van der Waals surface area contributed by atoms with E-state index in [1.165, 1.54) is 0 Å². The summed E-state index contributed by atoms with van der Waals surface area (Å²) in [4.78, 5) is 14.6. The van der Waals surface area contributed by atoms with Crippen molar-refractivity contribution in [2.45, 2.75) is 19.4 Å². The zero-order valence-corrected chi connectivity index (χ0v) is 6.45. The molecule has 5 nitrogen and oxygen atoms in total. The van der Waals surface area contributed by atoms with Gasteiger partial charge in [-0.25, -0.2) is 5.90 Å². The van der Waals surface area contributed by atoms with Crippen LogP contribution in [-0.4, -0.2) is 30.4 Å². The third-order valence-corrected chi connectivity index (χ3v) is 1.01. The number of hydrogen-bond donors (Lipinski definition) is 2. The molecular weight excluding hydrogens is 150 g/mol. The van der Waals surface area contributed by atoms with E-state index in [1.54, 1.807) is 6.92 Å². The number of carbonyl (C=O) groups excluding carboxylic acids is 1. The van der Waals surface area contributed by atoms with E-state index in [1.807, 2.05) is 0 Å². The van der Waals surface area contributed by atoms with Gasteiger partial charge >= 0.3 is 5.97 Å². The van der Waals surface area contributed by atoms with E-state index in [2.05, 4.69) is 15.5 Å². The second-order valence-corrected chi connectivity index (χ2v) is 2.02. The first kappa shape index (κ1) is 10.3. The molecule has 5 heteroatoms. The summed E-state index contributed by atoms with van der Waals surface area (Å²) in [6, 6.07) is 0. The molecule has 1 atom stereocenters. The van der Waals surface area contributed by atoms with Gasteiger partial charge in [0.1, 0.15) is 12.7 Å². The monoisotopic (exact) mass is 163 g/mol. The fourth-order valence-electron chi connectivity index (χ4n) is 0.450. The first-order chi connectivity index (χ1) is 5.20. The Morgan fingerprint density at radius 1 is 1.64 bits per heavy atom. The van der Waals surface area contributed by atoms with E-state index in [0.29, 0.717) is 6.42 Å². The average molecular weight is 163 g/mol. The van der Waals surface area contributed by atoms with Crippen LogP contribution in [0.4, 0.5) is 0 Å². The van der Waals surface area contributed by atoms with E-state index in [9.17, 15) is 4.79 Å². The Hall–Kier alpha value is -0.650. The Kier molecular flexibility index (Phi) is 5.73. The number of esters is 1. The molecule has 0 bridgehead atoms. The highest BCUT2D eigenvalue weighted by Gasteiger charge is 2.06. The molecule has 0 amide bonds. The van der Waals surface area contributed by atoms with E-state index < -0.39 is 6.10 Å². The van der Waals surface area contributed by atoms with Gasteiger partial charge in [-0.05, 0) is 0 Å². The average Bonchev–Trinajstić information content (AvgIpc) is 2.01. The Balaban J connectivity index is 3.29. The highest BCUT2D eigenvalue weighted by atomic mass is 16.6. The smallest absolute Gasteiger partial charge is 0.305 e. The molecular formula is C6H13NO4. The normalized spacial score (nSPS) is 12.6. The van der Waals surface area contributed by atoms with Gasteiger partial charge in [0.05, 0.1) is 6.61 Å². The van der Waals surface area contributed by atoms with Crippen LogP contribution in [0.2, 0.25) is 0 Å². The van der Waals surface area contributed by atoms with Crippen LogP contribution >= 0.6 is 0 Å². The van der Waals surface area contributed by atoms with Gasteiger partial charge in [-0.3, -0.25) is 4.79 Å². The molecule has 3 N–H and O–H groups in total. The lowest BCUT2D eigenvalue weighted by Gasteiger charge is -2.08. The van der Waals surface area contributed by atoms with Gasteiger partial charge in [0.2, 0.25) is 0 Å². The molecule has 0 aliphatic carbocycles. The number of ether oxygens (including phenoxy) is 1. The summed E-state index contributed by atoms with van der Waals surface area (Å²) in [6.07, 6.45) is -0.536. The van der Waals surface area contributed by atoms with Crippen molar-refractivity contribution in [2.24, 2.45) is 5.90 Å². The standard InChI is InChI=1S/C6H13NO4/c1-2-6(9)10-3-5(8)4-11-7/h5,8H,2-4,7H2,1H3. The van der Waals surface area contributed by atoms with Gasteiger partial charge in [0.15, 0.2) is 0 Å². The first-order valence-electron chi connectivity index (χ1n) is 3.36. The summed E-state index contributed by atoms with van der Waals surface area (Å²) in [6.45, 7) is 1.58. The molecule has 0 rings (SSSR count). The minimum Gasteiger partial charge on any atom is -0.463 e. The topological polar surface area (TPSA) is 81.8 Å². The van der Waals surface area contributed by atoms with Crippen molar-refractivity contribution in [3.05, 3.63) is 0 Å². The Morgan fingerprint density at radius 2 is 2.27 bits per heavy atom. The Morgan fingerprint density at radius 3 is 2.73 bits per heavy atom. The van der Waals surface area contributed by atoms with E-state index in [4.69, 9.17) is 5.11 Å². The molecule has 0 spiro atoms. The van der Waals surface area contributed by atoms with Gasteiger partial charge in [0, 0.05) is 6.42 Å². The lowest BCUT2D eigenvalue weighted by atomic mass is 10.4. The van der Waals surface area contributed by atoms with Gasteiger partial charge in [-0.1, -0.05) is 6.92 Å². The highest BCUT2D eigenvalue weighted by Crippen LogP contribution is 1.88. The van der Waals surface area contributed by atoms with Crippen LogP contribution in [0.3, 0.4) is 0 Å². The van der Waals surface area contributed by atoms with Gasteiger partial charge < -0.3 is 14.7 Å². The summed E-state index contributed by atoms with van der Waals surface area (Å²) in [5.74, 6) is 4.32. The molecule has 0 aliphatic heterocycles. The van der Waals surface area contributed by atoms with Crippen LogP contribution in [0.1, 0.15) is 13.3 Å². The number of aliphatic hydroxyl groups excluding tert-OH is 1. The van der Waals surface area contributed by atoms with Crippen molar-refractivity contribution in [3.63, 3.8) is 0 Å². The SMILES string of the molecule is CCC(=O)OCC(O)CON. The molecule has 1 unspecified atom stereocenters. The fourth-order valence-corrected chi connectivity index (χ4v) is 0.450. The van der Waals surface area contributed by atoms with Gasteiger partial charge in [0.25, 0.3) is 0 Å². The van der Waals surface area contributed by atoms with Crippen LogP contribution in [0.15, 0.2) is 0 Å². The molecule has 11 heavy (non-hydrogen) atoms. The largest absolute Gasteiger partial charge is 0.463 e. The zero-order chi connectivity index (χ0) is 8.69. The number of rotatable bonds is 5. The van der Waals surface area contributed by atoms with Crippen LogP contribution < -0.4 is 5.90 Å². The maximum absolute atomic E-state index is 10.5. The first-order valence-corrected chi connectivity index (χ1v) is 3.36. The minimum atomic E-state index is -0.838. The van der Waals surface area contributed by atoms with E-state index in [-0.39, 0.29) is 19.2 Å². The van der Waals surface area contributed by atoms with E-state index >= 15 is 0 Å². The third-order valence-electron chi connectivity index (χ3n) is 1.01. The minimum absolute atomic E-state index is 0.0308. The molecule has 0 aliphatic rings. The number of hydrogen-bond acceptors (Lipinski definition) is 5. The Labute approximate surface area is 65.0 Å². The summed E-state index contributed by atoms with van der Waals surface area (Å²) in [5.41, 5.74) is 0. The van der Waals surface area contributed by atoms with Crippen LogP contribution in [0, 0.1) is 0 Å². The zero-order valence-electron chi connectivity index (χ0n) is 6.45. The molecule has 66 valence electrons. The van der Waals surface area contributed by atoms with Crippen LogP contribution in [-0.2, 0) is 14.4 Å². The predicted molar refractivity (Wildman–Crippen MR) is 37.4 cm³/mol. The van der Waals surface area contributed by atoms with Crippen molar-refractivity contribution >= 4 is 5.97 Å². The Bertz CT molecular complexity index is 117. The lowest BCUT2D eigenvalue weighted by molar-refractivity contribution is -0.147. The van der Waals surface area contributed by atoms with Crippen molar-refractivity contribution in [1.29, 1.82) is 0 Å². The second-order valence-electron chi connectivity index (χ2n) is 2.02. The second kappa shape index (κ2) is 6.09. The van der Waals surface area contributed by atoms with Gasteiger partial charge in [-0.15, -0.1) is 0 Å². The van der Waals surface area contributed by atoms with Crippen molar-refractivity contribution in [1.82, 2.24) is 0 Å². The number of nitrogens with two attached hydrogens (primary N) is 1. The predicted octanol–water partition coefficient (Wildman–Crippen LogP) is -0.809. The number of aliphatic hydroxyl groups is 1. The molecule has 0 heterocycles. The quantitative estimate of drug-likeness (QED) is 0.409. The summed E-state index contributed by atoms with van der Waals surface area (Å²) < 4.78 is 4.58. The molecule has 0 saturated heterocycles. The van der Waals surface area contributed by atoms with Crippen LogP contribution in [0.25, 0.3) is 0 Å². The fraction of sp³-hybridized carbons (Fsp3) is 0.833. The summed E-state index contributed by atoms with van der Waals surface area (Å²) in [5, 5.41) is 8.91. The number of carbonyl (C=O) groups is 1. The van der Waals surface area contributed by atoms with Crippen molar-refractivity contribution < 1.29 is 19.5 Å². The van der Waals surface area contributed by atoms with Gasteiger partial charge in [-0.2, -0.15) is 0 Å². The molecule has 0 aromatic heterocycles. The molecule has 0 fully saturated rings. The highest BCUT2D eigenvalue weighted by molar-refractivity contribution is 5.68. The van der Waals surface area contributed by atoms with E-state index in [0.717, 1.165) is 0 Å².